The Balaban J connectivity index is 0.0000101. The number of carbonyl (C=O) groups excluding carboxylic acids is 9. The molecule has 1 aliphatic carbocycles. The van der Waals surface area contributed by atoms with E-state index in [-0.39, 0.29) is 46.1 Å². The highest BCUT2D eigenvalue weighted by Gasteiger charge is 2.47. The molecule has 6 amide bonds. The monoisotopic (exact) mass is 1010 g/mol. The largest absolute Gasteiger partial charge is 0.460 e. The number of aliphatic hydroxyl groups is 1. The maximum Gasteiger partial charge on any atom is 0.408 e. The van der Waals surface area contributed by atoms with Gasteiger partial charge in [-0.25, -0.2) is 9.59 Å². The number of aryl methyl sites for hydroxylation is 1. The van der Waals surface area contributed by atoms with Crippen molar-refractivity contribution in [3.05, 3.63) is 108 Å². The molecule has 0 unspecified atom stereocenters. The Labute approximate surface area is 428 Å². The van der Waals surface area contributed by atoms with Crippen molar-refractivity contribution < 1.29 is 59.2 Å². The smallest absolute Gasteiger partial charge is 0.408 e. The van der Waals surface area contributed by atoms with Gasteiger partial charge in [0, 0.05) is 33.7 Å². The zero-order valence-electron chi connectivity index (χ0n) is 42.5. The lowest BCUT2D eigenvalue weighted by Crippen LogP contribution is -2.61. The van der Waals surface area contributed by atoms with E-state index >= 15 is 4.79 Å². The van der Waals surface area contributed by atoms with Gasteiger partial charge in [0.2, 0.25) is 29.5 Å². The second-order valence-corrected chi connectivity index (χ2v) is 20.0. The Morgan fingerprint density at radius 1 is 0.753 bits per heavy atom. The van der Waals surface area contributed by atoms with Crippen LogP contribution in [0.5, 0.6) is 0 Å². The molecule has 2 aliphatic heterocycles. The first-order valence-corrected chi connectivity index (χ1v) is 25.3. The fourth-order valence-corrected chi connectivity index (χ4v) is 9.38. The number of aliphatic hydroxyl groups excluding tert-OH is 1. The van der Waals surface area contributed by atoms with Gasteiger partial charge in [0.25, 0.3) is 0 Å². The Bertz CT molecular complexity index is 2440. The predicted molar refractivity (Wildman–Crippen MR) is 269 cm³/mol. The summed E-state index contributed by atoms with van der Waals surface area (Å²) in [5, 5.41) is 22.2. The summed E-state index contributed by atoms with van der Waals surface area (Å²) in [6, 6.07) is 19.9. The minimum atomic E-state index is -1.42. The number of ketones is 2. The van der Waals surface area contributed by atoms with E-state index in [4.69, 9.17) is 9.47 Å². The number of likely N-dealkylation sites (N-methyl/N-ethyl adjacent to an activating group) is 1. The van der Waals surface area contributed by atoms with Crippen LogP contribution in [0.1, 0.15) is 97.7 Å². The van der Waals surface area contributed by atoms with Crippen molar-refractivity contribution in [3.8, 4) is 0 Å². The topological polar surface area (TPSA) is 247 Å². The molecule has 0 spiro atoms. The van der Waals surface area contributed by atoms with Crippen LogP contribution >= 0.6 is 0 Å². The first-order valence-electron chi connectivity index (χ1n) is 25.3. The summed E-state index contributed by atoms with van der Waals surface area (Å²) in [4.78, 5) is 130. The Morgan fingerprint density at radius 3 is 1.96 bits per heavy atom. The number of alkyl carbamates (subject to hydrolysis) is 1. The molecule has 6 rings (SSSR count). The number of hydrogen-bond acceptors (Lipinski definition) is 12. The molecular weight excluding hydrogens is 937 g/mol. The van der Waals surface area contributed by atoms with E-state index in [1.165, 1.54) is 32.7 Å². The second kappa shape index (κ2) is 25.6. The van der Waals surface area contributed by atoms with Gasteiger partial charge in [0.15, 0.2) is 11.6 Å². The molecule has 3 aromatic carbocycles. The molecule has 10 atom stereocenters. The predicted octanol–water partition coefficient (Wildman–Crippen LogP) is 4.20. The van der Waals surface area contributed by atoms with Crippen molar-refractivity contribution in [3.63, 3.8) is 0 Å². The van der Waals surface area contributed by atoms with Crippen molar-refractivity contribution >= 4 is 53.2 Å². The number of amides is 6. The van der Waals surface area contributed by atoms with E-state index in [0.717, 1.165) is 16.0 Å². The van der Waals surface area contributed by atoms with E-state index in [1.807, 2.05) is 36.4 Å². The number of benzene rings is 3. The third-order valence-corrected chi connectivity index (χ3v) is 14.1. The molecule has 2 heterocycles. The van der Waals surface area contributed by atoms with Crippen molar-refractivity contribution in [2.24, 2.45) is 23.7 Å². The fourth-order valence-electron chi connectivity index (χ4n) is 9.38. The highest BCUT2D eigenvalue weighted by molar-refractivity contribution is 5.98. The molecule has 73 heavy (non-hydrogen) atoms. The first kappa shape index (κ1) is 55.4. The number of Topliss-reactive ketones (excluding diaryl/α,β-unsaturated/α-hetero) is 2. The van der Waals surface area contributed by atoms with E-state index < -0.39 is 126 Å². The summed E-state index contributed by atoms with van der Waals surface area (Å²) in [5.74, 6) is -8.77. The highest BCUT2D eigenvalue weighted by atomic mass is 16.6. The molecule has 3 aromatic rings. The Morgan fingerprint density at radius 2 is 1.36 bits per heavy atom. The summed E-state index contributed by atoms with van der Waals surface area (Å²) < 4.78 is 11.2. The average molecular weight is 1010 g/mol. The Hall–Kier alpha value is -6.95. The van der Waals surface area contributed by atoms with Crippen LogP contribution in [0.15, 0.2) is 91.0 Å². The van der Waals surface area contributed by atoms with Crippen LogP contribution in [0.4, 0.5) is 4.79 Å². The maximum absolute atomic E-state index is 15.1. The highest BCUT2D eigenvalue weighted by Crippen LogP contribution is 2.36. The summed E-state index contributed by atoms with van der Waals surface area (Å²) in [5.41, 5.74) is 2.29. The summed E-state index contributed by atoms with van der Waals surface area (Å²) >= 11 is 0. The Kier molecular flexibility index (Phi) is 19.4. The molecule has 18 heteroatoms. The van der Waals surface area contributed by atoms with Crippen molar-refractivity contribution in [2.75, 3.05) is 7.05 Å². The number of fused-ring (bicyclic) bond motifs is 2. The number of nitrogens with one attached hydrogen (secondary N) is 4. The van der Waals surface area contributed by atoms with Gasteiger partial charge in [-0.1, -0.05) is 105 Å². The van der Waals surface area contributed by atoms with Crippen LogP contribution in [0.3, 0.4) is 0 Å². The zero-order valence-corrected chi connectivity index (χ0v) is 42.5. The number of carbonyl (C=O) groups is 9. The molecule has 5 N–H and O–H groups in total. The molecular formula is C55H72N6O12. The SMILES string of the molecule is CC(C)[C@@H]1NC(=O)[C@H](Cc2ccccc2)N(C)C(=O)[C@H](CCc2ccccc2)N2C(=O)[C@H](CC[C@H]2O)CC(=O)[C@H](C2CC2)NC(=O)[C@@H](CC(=O)[C@H](C)NC(=O)[C@H](C)NC(=O)OCc2ccccc2)[C@@H](C)OC1=O.[HH]. The number of ether oxygens (including phenoxy) is 2. The number of hydrogen-bond donors (Lipinski definition) is 5. The van der Waals surface area contributed by atoms with Crippen LogP contribution < -0.4 is 21.3 Å². The number of rotatable bonds is 15. The normalized spacial score (nSPS) is 25.5. The van der Waals surface area contributed by atoms with Gasteiger partial charge >= 0.3 is 12.1 Å². The lowest BCUT2D eigenvalue weighted by Gasteiger charge is -2.43. The van der Waals surface area contributed by atoms with Crippen LogP contribution in [0.2, 0.25) is 0 Å². The summed E-state index contributed by atoms with van der Waals surface area (Å²) in [7, 11) is 1.45. The van der Waals surface area contributed by atoms with Crippen molar-refractivity contribution in [1.29, 1.82) is 0 Å². The summed E-state index contributed by atoms with van der Waals surface area (Å²) in [6.07, 6.45) is -2.74. The van der Waals surface area contributed by atoms with Gasteiger partial charge in [0.1, 0.15) is 43.1 Å². The number of cyclic esters (lactones) is 1. The third-order valence-electron chi connectivity index (χ3n) is 14.1. The summed E-state index contributed by atoms with van der Waals surface area (Å²) in [6.45, 7) is 7.54. The molecule has 0 radical (unpaired) electrons. The molecule has 3 aliphatic rings. The molecule has 1 saturated carbocycles. The maximum atomic E-state index is 15.1. The number of esters is 1. The second-order valence-electron chi connectivity index (χ2n) is 20.0. The lowest BCUT2D eigenvalue weighted by atomic mass is 9.86. The third kappa shape index (κ3) is 15.1. The minimum absolute atomic E-state index is 0. The van der Waals surface area contributed by atoms with E-state index in [1.54, 1.807) is 68.4 Å². The molecule has 2 bridgehead atoms. The minimum Gasteiger partial charge on any atom is -0.460 e. The van der Waals surface area contributed by atoms with Gasteiger partial charge in [-0.15, -0.1) is 0 Å². The van der Waals surface area contributed by atoms with Crippen molar-refractivity contribution in [2.45, 2.75) is 148 Å². The quantitative estimate of drug-likeness (QED) is 0.135. The van der Waals surface area contributed by atoms with E-state index in [0.29, 0.717) is 24.8 Å². The van der Waals surface area contributed by atoms with Crippen LogP contribution in [0.25, 0.3) is 0 Å². The molecule has 394 valence electrons. The lowest BCUT2D eigenvalue weighted by molar-refractivity contribution is -0.168. The molecule has 0 aromatic heterocycles. The standard InChI is InChI=1S/C55H70N6O12.H2/c1-32(2)47-54(70)73-35(5)41(30-44(62)33(3)56-49(65)34(4)57-55(71)72-31-38-20-14-9-15-21-38)50(66)59-48(39-23-24-39)45(63)29-40-25-27-46(64)61(52(40)68)42(26-22-36-16-10-7-11-17-36)53(69)60(6)43(51(67)58-47)28-37-18-12-8-13-19-37;/h7-21,32-35,39-43,46-48,64H,22-31H2,1-6H3,(H,56,65)(H,57,71)(H,58,67)(H,59,66);1H/t33-,34-,35+,40+,41-,42-,43-,46+,47-,48-;/m0./s1. The van der Waals surface area contributed by atoms with Crippen molar-refractivity contribution in [1.82, 2.24) is 31.1 Å². The average Bonchev–Trinajstić information content (AvgIpc) is 4.22. The van der Waals surface area contributed by atoms with E-state index in [9.17, 15) is 43.5 Å². The van der Waals surface area contributed by atoms with Crippen LogP contribution in [-0.4, -0.2) is 124 Å². The molecule has 18 nitrogen and oxygen atoms in total. The van der Waals surface area contributed by atoms with Gasteiger partial charge in [-0.2, -0.15) is 0 Å². The van der Waals surface area contributed by atoms with Gasteiger partial charge in [-0.3, -0.25) is 33.6 Å². The van der Waals surface area contributed by atoms with Gasteiger partial charge < -0.3 is 45.6 Å². The number of nitrogens with zero attached hydrogens (tertiary/aromatic N) is 2. The first-order chi connectivity index (χ1) is 34.8. The fraction of sp³-hybridized carbons (Fsp3) is 0.509. The zero-order chi connectivity index (χ0) is 52.9. The van der Waals surface area contributed by atoms with E-state index in [2.05, 4.69) is 21.3 Å². The number of piperidine rings is 1. The van der Waals surface area contributed by atoms with Gasteiger partial charge in [-0.05, 0) is 87.8 Å². The van der Waals surface area contributed by atoms with Gasteiger partial charge in [0.05, 0.1) is 18.0 Å². The molecule has 3 fully saturated rings. The molecule has 2 saturated heterocycles. The van der Waals surface area contributed by atoms with Crippen LogP contribution in [0, 0.1) is 23.7 Å². The van der Waals surface area contributed by atoms with Crippen LogP contribution in [-0.2, 0) is 67.3 Å².